The molecule has 0 atom stereocenters. The van der Waals surface area contributed by atoms with Crippen LogP contribution in [0.15, 0.2) is 24.5 Å². The number of hydrogen-bond donors (Lipinski definition) is 0. The van der Waals surface area contributed by atoms with Gasteiger partial charge in [0.15, 0.2) is 0 Å². The lowest BCUT2D eigenvalue weighted by atomic mass is 10.1. The molecule has 0 saturated carbocycles. The number of carbonyl (C=O) groups is 1. The number of anilines is 1. The normalized spacial score (nSPS) is 16.7. The van der Waals surface area contributed by atoms with E-state index in [0.717, 1.165) is 25.0 Å². The maximum absolute atomic E-state index is 12.8. The number of pyridine rings is 1. The Hall–Kier alpha value is -2.70. The highest BCUT2D eigenvalue weighted by Gasteiger charge is 2.25. The Morgan fingerprint density at radius 1 is 1.16 bits per heavy atom. The number of ether oxygens (including phenoxy) is 1. The molecule has 25 heavy (non-hydrogen) atoms. The molecule has 1 aliphatic heterocycles. The van der Waals surface area contributed by atoms with E-state index in [-0.39, 0.29) is 5.91 Å². The molecule has 1 saturated heterocycles. The van der Waals surface area contributed by atoms with Gasteiger partial charge in [-0.05, 0) is 30.9 Å². The van der Waals surface area contributed by atoms with Crippen molar-refractivity contribution < 1.29 is 9.53 Å². The fourth-order valence-corrected chi connectivity index (χ4v) is 3.43. The minimum atomic E-state index is 0.0633. The number of aromatic nitrogens is 3. The van der Waals surface area contributed by atoms with Crippen molar-refractivity contribution in [3.8, 4) is 5.88 Å². The molecule has 0 unspecified atom stereocenters. The van der Waals surface area contributed by atoms with Gasteiger partial charge in [0.25, 0.3) is 5.91 Å². The van der Waals surface area contributed by atoms with Crippen LogP contribution >= 0.6 is 0 Å². The summed E-state index contributed by atoms with van der Waals surface area (Å²) in [4.78, 5) is 29.8. The van der Waals surface area contributed by atoms with E-state index < -0.39 is 0 Å². The Kier molecular flexibility index (Phi) is 4.21. The van der Waals surface area contributed by atoms with Crippen molar-refractivity contribution >= 4 is 11.9 Å². The Labute approximate surface area is 146 Å². The van der Waals surface area contributed by atoms with Gasteiger partial charge >= 0.3 is 0 Å². The number of carbonyl (C=O) groups excluding carboxylic acids is 1. The van der Waals surface area contributed by atoms with Crippen molar-refractivity contribution in [1.82, 2.24) is 19.9 Å². The summed E-state index contributed by atoms with van der Waals surface area (Å²) < 4.78 is 5.15. The Bertz CT molecular complexity index is 787. The predicted octanol–water partition coefficient (Wildman–Crippen LogP) is 1.33. The van der Waals surface area contributed by atoms with Crippen LogP contribution in [0.3, 0.4) is 0 Å². The quantitative estimate of drug-likeness (QED) is 0.840. The number of hydrogen-bond acceptors (Lipinski definition) is 6. The van der Waals surface area contributed by atoms with Crippen molar-refractivity contribution in [2.24, 2.45) is 0 Å². The maximum Gasteiger partial charge on any atom is 0.255 e. The van der Waals surface area contributed by atoms with Gasteiger partial charge in [-0.3, -0.25) is 9.78 Å². The molecule has 0 aromatic carbocycles. The van der Waals surface area contributed by atoms with E-state index in [4.69, 9.17) is 4.74 Å². The third kappa shape index (κ3) is 3.14. The van der Waals surface area contributed by atoms with Gasteiger partial charge in [-0.1, -0.05) is 0 Å². The van der Waals surface area contributed by atoms with Gasteiger partial charge in [-0.25, -0.2) is 4.98 Å². The molecule has 3 heterocycles. The highest BCUT2D eigenvalue weighted by Crippen LogP contribution is 2.22. The molecule has 1 fully saturated rings. The van der Waals surface area contributed by atoms with Crippen LogP contribution in [0.4, 0.5) is 5.95 Å². The average Bonchev–Trinajstić information content (AvgIpc) is 3.15. The summed E-state index contributed by atoms with van der Waals surface area (Å²) in [6.45, 7) is 2.71. The molecule has 0 radical (unpaired) electrons. The third-order valence-corrected chi connectivity index (χ3v) is 4.84. The number of rotatable bonds is 3. The molecule has 0 spiro atoms. The number of aryl methyl sites for hydroxylation is 2. The number of methoxy groups -OCH3 is 1. The lowest BCUT2D eigenvalue weighted by Crippen LogP contribution is -2.49. The fourth-order valence-electron chi connectivity index (χ4n) is 3.43. The molecule has 2 aliphatic rings. The highest BCUT2D eigenvalue weighted by molar-refractivity contribution is 5.94. The van der Waals surface area contributed by atoms with E-state index in [1.54, 1.807) is 25.6 Å². The SMILES string of the molecule is COc1ccnc(N2CCN(C(=O)c3cnc4c(c3)CCC4)CC2)n1. The number of nitrogens with zero attached hydrogens (tertiary/aromatic N) is 5. The number of fused-ring (bicyclic) bond motifs is 1. The zero-order chi connectivity index (χ0) is 17.2. The summed E-state index contributed by atoms with van der Waals surface area (Å²) in [6.07, 6.45) is 6.62. The molecular formula is C18H21N5O2. The molecule has 2 aromatic rings. The maximum atomic E-state index is 12.8. The molecular weight excluding hydrogens is 318 g/mol. The average molecular weight is 339 g/mol. The van der Waals surface area contributed by atoms with Gasteiger partial charge in [0.1, 0.15) is 0 Å². The van der Waals surface area contributed by atoms with Gasteiger partial charge < -0.3 is 14.5 Å². The Morgan fingerprint density at radius 3 is 2.80 bits per heavy atom. The summed E-state index contributed by atoms with van der Waals surface area (Å²) in [5, 5.41) is 0. The minimum Gasteiger partial charge on any atom is -0.481 e. The molecule has 1 amide bonds. The first-order valence-electron chi connectivity index (χ1n) is 8.63. The molecule has 0 bridgehead atoms. The van der Waals surface area contributed by atoms with E-state index >= 15 is 0 Å². The van der Waals surface area contributed by atoms with Gasteiger partial charge in [0.05, 0.1) is 12.7 Å². The first kappa shape index (κ1) is 15.8. The fraction of sp³-hybridized carbons (Fsp3) is 0.444. The van der Waals surface area contributed by atoms with E-state index in [9.17, 15) is 4.79 Å². The first-order chi connectivity index (χ1) is 12.2. The minimum absolute atomic E-state index is 0.0633. The highest BCUT2D eigenvalue weighted by atomic mass is 16.5. The molecule has 0 N–H and O–H groups in total. The Balaban J connectivity index is 1.42. The second-order valence-corrected chi connectivity index (χ2v) is 6.36. The van der Waals surface area contributed by atoms with Crippen LogP contribution in [0.2, 0.25) is 0 Å². The summed E-state index contributed by atoms with van der Waals surface area (Å²) in [5.74, 6) is 1.26. The molecule has 7 heteroatoms. The second kappa shape index (κ2) is 6.66. The summed E-state index contributed by atoms with van der Waals surface area (Å²) >= 11 is 0. The van der Waals surface area contributed by atoms with E-state index in [2.05, 4.69) is 19.9 Å². The summed E-state index contributed by atoms with van der Waals surface area (Å²) in [6, 6.07) is 3.75. The largest absolute Gasteiger partial charge is 0.481 e. The van der Waals surface area contributed by atoms with E-state index in [1.807, 2.05) is 11.0 Å². The summed E-state index contributed by atoms with van der Waals surface area (Å²) in [5.41, 5.74) is 3.08. The van der Waals surface area contributed by atoms with Crippen LogP contribution in [0, 0.1) is 0 Å². The van der Waals surface area contributed by atoms with Crippen LogP contribution in [-0.2, 0) is 12.8 Å². The van der Waals surface area contributed by atoms with Gasteiger partial charge in [0.2, 0.25) is 11.8 Å². The monoisotopic (exact) mass is 339 g/mol. The van der Waals surface area contributed by atoms with Gasteiger partial charge in [-0.15, -0.1) is 0 Å². The molecule has 7 nitrogen and oxygen atoms in total. The topological polar surface area (TPSA) is 71.5 Å². The van der Waals surface area contributed by atoms with Crippen LogP contribution in [0.1, 0.15) is 28.0 Å². The van der Waals surface area contributed by atoms with E-state index in [0.29, 0.717) is 43.6 Å². The first-order valence-corrected chi connectivity index (χ1v) is 8.63. The lowest BCUT2D eigenvalue weighted by molar-refractivity contribution is 0.0745. The molecule has 1 aliphatic carbocycles. The van der Waals surface area contributed by atoms with Crippen molar-refractivity contribution in [3.63, 3.8) is 0 Å². The van der Waals surface area contributed by atoms with Crippen molar-refractivity contribution in [2.75, 3.05) is 38.2 Å². The van der Waals surface area contributed by atoms with Crippen LogP contribution in [-0.4, -0.2) is 59.0 Å². The lowest BCUT2D eigenvalue weighted by Gasteiger charge is -2.34. The van der Waals surface area contributed by atoms with Gasteiger partial charge in [-0.2, -0.15) is 4.98 Å². The molecule has 2 aromatic heterocycles. The second-order valence-electron chi connectivity index (χ2n) is 6.36. The zero-order valence-electron chi connectivity index (χ0n) is 14.3. The molecule has 130 valence electrons. The molecule has 4 rings (SSSR count). The van der Waals surface area contributed by atoms with Gasteiger partial charge in [0, 0.05) is 50.3 Å². The van der Waals surface area contributed by atoms with Crippen LogP contribution in [0.25, 0.3) is 0 Å². The van der Waals surface area contributed by atoms with Crippen molar-refractivity contribution in [1.29, 1.82) is 0 Å². The summed E-state index contributed by atoms with van der Waals surface area (Å²) in [7, 11) is 1.59. The van der Waals surface area contributed by atoms with Crippen molar-refractivity contribution in [2.45, 2.75) is 19.3 Å². The predicted molar refractivity (Wildman–Crippen MR) is 93.0 cm³/mol. The number of piperazine rings is 1. The smallest absolute Gasteiger partial charge is 0.255 e. The van der Waals surface area contributed by atoms with Crippen LogP contribution in [0.5, 0.6) is 5.88 Å². The zero-order valence-corrected chi connectivity index (χ0v) is 14.3. The van der Waals surface area contributed by atoms with E-state index in [1.165, 1.54) is 5.56 Å². The number of amides is 1. The third-order valence-electron chi connectivity index (χ3n) is 4.84. The van der Waals surface area contributed by atoms with Crippen LogP contribution < -0.4 is 9.64 Å². The standard InChI is InChI=1S/C18H21N5O2/c1-25-16-5-6-19-18(21-16)23-9-7-22(8-10-23)17(24)14-11-13-3-2-4-15(13)20-12-14/h5-6,11-12H,2-4,7-10H2,1H3. The Morgan fingerprint density at radius 2 is 2.00 bits per heavy atom. The van der Waals surface area contributed by atoms with Crippen molar-refractivity contribution in [3.05, 3.63) is 41.3 Å².